The highest BCUT2D eigenvalue weighted by Gasteiger charge is 2.53. The number of allylic oxidation sites excluding steroid dienone is 1. The van der Waals surface area contributed by atoms with Crippen LogP contribution in [0.5, 0.6) is 0 Å². The highest BCUT2D eigenvalue weighted by Crippen LogP contribution is 2.59. The van der Waals surface area contributed by atoms with Crippen LogP contribution in [0.1, 0.15) is 46.0 Å². The predicted octanol–water partition coefficient (Wildman–Crippen LogP) is 3.30. The van der Waals surface area contributed by atoms with Gasteiger partial charge >= 0.3 is 0 Å². The van der Waals surface area contributed by atoms with Crippen molar-refractivity contribution in [2.45, 2.75) is 57.6 Å². The van der Waals surface area contributed by atoms with Crippen molar-refractivity contribution in [1.82, 2.24) is 0 Å². The molecule has 6 rings (SSSR count). The molecule has 2 heterocycles. The lowest BCUT2D eigenvalue weighted by Crippen LogP contribution is -2.40. The number of aliphatic imine (C=N–C) groups is 1. The zero-order chi connectivity index (χ0) is 13.5. The van der Waals surface area contributed by atoms with Crippen molar-refractivity contribution in [2.24, 2.45) is 28.7 Å². The Labute approximate surface area is 120 Å². The second-order valence-electron chi connectivity index (χ2n) is 8.17. The largest absolute Gasteiger partial charge is 0.475 e. The second-order valence-corrected chi connectivity index (χ2v) is 8.17. The van der Waals surface area contributed by atoms with E-state index in [2.05, 4.69) is 18.8 Å². The van der Waals surface area contributed by atoms with Gasteiger partial charge in [-0.25, -0.2) is 4.99 Å². The minimum atomic E-state index is -0.0683. The van der Waals surface area contributed by atoms with Crippen LogP contribution in [0.3, 0.4) is 0 Å². The molecule has 6 aliphatic rings. The van der Waals surface area contributed by atoms with Gasteiger partial charge in [-0.05, 0) is 75.2 Å². The topological polar surface area (TPSA) is 34.1 Å². The van der Waals surface area contributed by atoms with E-state index in [4.69, 9.17) is 9.47 Å². The molecule has 108 valence electrons. The van der Waals surface area contributed by atoms with Gasteiger partial charge in [0.2, 0.25) is 12.0 Å². The molecule has 2 aliphatic heterocycles. The van der Waals surface area contributed by atoms with Crippen LogP contribution in [0.4, 0.5) is 0 Å². The molecule has 3 heteroatoms. The molecule has 20 heavy (non-hydrogen) atoms. The fourth-order valence-electron chi connectivity index (χ4n) is 5.32. The number of epoxide rings is 1. The van der Waals surface area contributed by atoms with Crippen molar-refractivity contribution in [3.8, 4) is 0 Å². The molecule has 5 fully saturated rings. The maximum absolute atomic E-state index is 5.94. The number of ether oxygens (including phenoxy) is 2. The highest BCUT2D eigenvalue weighted by atomic mass is 16.6. The van der Waals surface area contributed by atoms with E-state index < -0.39 is 0 Å². The molecule has 4 bridgehead atoms. The Kier molecular flexibility index (Phi) is 2.10. The van der Waals surface area contributed by atoms with Gasteiger partial charge in [-0.1, -0.05) is 0 Å². The maximum Gasteiger partial charge on any atom is 0.234 e. The third kappa shape index (κ3) is 1.61. The first-order valence-electron chi connectivity index (χ1n) is 8.22. The Morgan fingerprint density at radius 2 is 1.65 bits per heavy atom. The molecule has 0 unspecified atom stereocenters. The lowest BCUT2D eigenvalue weighted by atomic mass is 9.54. The van der Waals surface area contributed by atoms with Gasteiger partial charge < -0.3 is 9.47 Å². The Hall–Kier alpha value is -0.990. The fourth-order valence-corrected chi connectivity index (χ4v) is 5.32. The Balaban J connectivity index is 1.44. The van der Waals surface area contributed by atoms with E-state index in [0.29, 0.717) is 6.61 Å². The zero-order valence-electron chi connectivity index (χ0n) is 12.4. The van der Waals surface area contributed by atoms with Crippen LogP contribution in [0.2, 0.25) is 0 Å². The Morgan fingerprint density at radius 3 is 2.20 bits per heavy atom. The third-order valence-electron chi connectivity index (χ3n) is 5.94. The summed E-state index contributed by atoms with van der Waals surface area (Å²) in [5, 5.41) is 0. The molecule has 0 amide bonds. The third-order valence-corrected chi connectivity index (χ3v) is 5.94. The van der Waals surface area contributed by atoms with Crippen molar-refractivity contribution in [2.75, 3.05) is 6.61 Å². The number of hydrogen-bond acceptors (Lipinski definition) is 3. The van der Waals surface area contributed by atoms with Crippen LogP contribution in [0, 0.1) is 23.7 Å². The van der Waals surface area contributed by atoms with Gasteiger partial charge in [-0.2, -0.15) is 0 Å². The van der Waals surface area contributed by atoms with E-state index in [1.807, 2.05) is 0 Å². The minimum Gasteiger partial charge on any atom is -0.475 e. The van der Waals surface area contributed by atoms with Crippen LogP contribution in [-0.2, 0) is 9.47 Å². The van der Waals surface area contributed by atoms with Gasteiger partial charge in [0, 0.05) is 0 Å². The molecule has 4 aliphatic carbocycles. The van der Waals surface area contributed by atoms with Crippen molar-refractivity contribution in [3.63, 3.8) is 0 Å². The van der Waals surface area contributed by atoms with E-state index in [1.165, 1.54) is 37.9 Å². The standard InChI is InChI=1S/C17H23NO2/c1-17(2)8-19-16(18-17)15-14(20-15)13-11-4-9-3-10(6-11)7-12(13)5-9/h9-12,15H,3-8H2,1-2H3/t9?,10?,11?,12?,15-/m0/s1. The molecule has 1 saturated heterocycles. The molecule has 3 nitrogen and oxygen atoms in total. The summed E-state index contributed by atoms with van der Waals surface area (Å²) in [6, 6.07) is 0. The Bertz CT molecular complexity index is 501. The van der Waals surface area contributed by atoms with Crippen LogP contribution in [-0.4, -0.2) is 24.1 Å². The molecular formula is C17H23NO2. The fraction of sp³-hybridized carbons (Fsp3) is 0.824. The zero-order valence-corrected chi connectivity index (χ0v) is 12.4. The molecule has 0 aromatic rings. The number of hydrogen-bond donors (Lipinski definition) is 0. The van der Waals surface area contributed by atoms with Crippen molar-refractivity contribution >= 4 is 5.90 Å². The van der Waals surface area contributed by atoms with Crippen molar-refractivity contribution in [3.05, 3.63) is 11.3 Å². The van der Waals surface area contributed by atoms with E-state index in [0.717, 1.165) is 29.6 Å². The highest BCUT2D eigenvalue weighted by molar-refractivity contribution is 5.88. The molecule has 0 spiro atoms. The SMILES string of the molecule is CC1(C)COC([C@H]2OC2=C2C3CC4CC(C3)CC2C4)=N1. The van der Waals surface area contributed by atoms with Crippen molar-refractivity contribution in [1.29, 1.82) is 0 Å². The van der Waals surface area contributed by atoms with Crippen molar-refractivity contribution < 1.29 is 9.47 Å². The summed E-state index contributed by atoms with van der Waals surface area (Å²) in [5.41, 5.74) is 1.60. The van der Waals surface area contributed by atoms with Gasteiger partial charge in [-0.3, -0.25) is 0 Å². The summed E-state index contributed by atoms with van der Waals surface area (Å²) >= 11 is 0. The van der Waals surface area contributed by atoms with E-state index in [1.54, 1.807) is 5.57 Å². The number of nitrogens with zero attached hydrogens (tertiary/aromatic N) is 1. The summed E-state index contributed by atoms with van der Waals surface area (Å²) in [5.74, 6) is 5.75. The summed E-state index contributed by atoms with van der Waals surface area (Å²) in [6.45, 7) is 4.94. The molecule has 4 saturated carbocycles. The first-order chi connectivity index (χ1) is 9.59. The lowest BCUT2D eigenvalue weighted by molar-refractivity contribution is 0.0679. The average molecular weight is 273 g/mol. The van der Waals surface area contributed by atoms with E-state index >= 15 is 0 Å². The molecule has 0 radical (unpaired) electrons. The maximum atomic E-state index is 5.94. The van der Waals surface area contributed by atoms with Gasteiger partial charge in [0.1, 0.15) is 12.4 Å². The lowest BCUT2D eigenvalue weighted by Gasteiger charge is -2.50. The first-order valence-corrected chi connectivity index (χ1v) is 8.22. The smallest absolute Gasteiger partial charge is 0.234 e. The summed E-state index contributed by atoms with van der Waals surface area (Å²) in [6.07, 6.45) is 7.25. The van der Waals surface area contributed by atoms with Crippen LogP contribution >= 0.6 is 0 Å². The predicted molar refractivity (Wildman–Crippen MR) is 76.4 cm³/mol. The summed E-state index contributed by atoms with van der Waals surface area (Å²) in [4.78, 5) is 4.68. The van der Waals surface area contributed by atoms with Crippen LogP contribution < -0.4 is 0 Å². The van der Waals surface area contributed by atoms with Gasteiger partial charge in [0.15, 0.2) is 0 Å². The average Bonchev–Trinajstić information content (AvgIpc) is 3.05. The number of rotatable bonds is 1. The summed E-state index contributed by atoms with van der Waals surface area (Å²) < 4.78 is 11.7. The van der Waals surface area contributed by atoms with E-state index in [9.17, 15) is 0 Å². The van der Waals surface area contributed by atoms with Gasteiger partial charge in [0.25, 0.3) is 0 Å². The van der Waals surface area contributed by atoms with Gasteiger partial charge in [0.05, 0.1) is 5.54 Å². The normalized spacial score (nSPS) is 47.1. The van der Waals surface area contributed by atoms with Crippen LogP contribution in [0.25, 0.3) is 0 Å². The first kappa shape index (κ1) is 11.6. The minimum absolute atomic E-state index is 0.0683. The second kappa shape index (κ2) is 3.61. The molecule has 0 aromatic heterocycles. The Morgan fingerprint density at radius 1 is 1.00 bits per heavy atom. The summed E-state index contributed by atoms with van der Waals surface area (Å²) in [7, 11) is 0. The molecule has 0 aromatic carbocycles. The quantitative estimate of drug-likeness (QED) is 0.687. The van der Waals surface area contributed by atoms with E-state index in [-0.39, 0.29) is 11.6 Å². The molecular weight excluding hydrogens is 250 g/mol. The molecule has 0 N–H and O–H groups in total. The monoisotopic (exact) mass is 273 g/mol. The van der Waals surface area contributed by atoms with Gasteiger partial charge in [-0.15, -0.1) is 0 Å². The molecule has 1 atom stereocenters. The van der Waals surface area contributed by atoms with Crippen LogP contribution in [0.15, 0.2) is 16.3 Å².